The Hall–Kier alpha value is -0.890. The molecule has 0 aliphatic heterocycles. The zero-order chi connectivity index (χ0) is 8.27. The molecule has 1 atom stereocenters. The first kappa shape index (κ1) is 8.21. The second kappa shape index (κ2) is 3.49. The molecule has 1 heterocycles. The van der Waals surface area contributed by atoms with Crippen molar-refractivity contribution in [2.75, 3.05) is 7.05 Å². The van der Waals surface area contributed by atoms with Crippen molar-refractivity contribution >= 4 is 0 Å². The van der Waals surface area contributed by atoms with E-state index in [9.17, 15) is 0 Å². The Bertz CT molecular complexity index is 233. The predicted octanol–water partition coefficient (Wildman–Crippen LogP) is 1.67. The van der Waals surface area contributed by atoms with Crippen LogP contribution in [-0.4, -0.2) is 12.0 Å². The molecule has 0 aromatic carbocycles. The normalized spacial score (nSPS) is 13.0. The van der Waals surface area contributed by atoms with Gasteiger partial charge in [0.15, 0.2) is 0 Å². The predicted molar refractivity (Wildman–Crippen MR) is 46.4 cm³/mol. The number of hydrogen-bond donors (Lipinski definition) is 1. The number of aryl methyl sites for hydroxylation is 1. The first-order valence-corrected chi connectivity index (χ1v) is 3.83. The molecule has 0 aliphatic rings. The fourth-order valence-corrected chi connectivity index (χ4v) is 1.13. The number of pyridine rings is 1. The maximum absolute atomic E-state index is 4.03. The smallest absolute Gasteiger partial charge is 0.0300 e. The summed E-state index contributed by atoms with van der Waals surface area (Å²) in [6.45, 7) is 4.22. The highest BCUT2D eigenvalue weighted by molar-refractivity contribution is 5.24. The van der Waals surface area contributed by atoms with E-state index in [1.165, 1.54) is 11.1 Å². The Kier molecular flexibility index (Phi) is 2.60. The molecule has 0 fully saturated rings. The topological polar surface area (TPSA) is 24.9 Å². The second-order valence-corrected chi connectivity index (χ2v) is 2.74. The zero-order valence-electron chi connectivity index (χ0n) is 7.26. The number of rotatable bonds is 2. The molecule has 1 rings (SSSR count). The van der Waals surface area contributed by atoms with Crippen molar-refractivity contribution in [2.45, 2.75) is 19.9 Å². The van der Waals surface area contributed by atoms with Crippen molar-refractivity contribution in [3.63, 3.8) is 0 Å². The molecule has 0 bridgehead atoms. The molecule has 1 N–H and O–H groups in total. The van der Waals surface area contributed by atoms with Crippen molar-refractivity contribution in [3.8, 4) is 0 Å². The van der Waals surface area contributed by atoms with Crippen LogP contribution < -0.4 is 5.32 Å². The van der Waals surface area contributed by atoms with Gasteiger partial charge in [0.2, 0.25) is 0 Å². The summed E-state index contributed by atoms with van der Waals surface area (Å²) in [5.74, 6) is 0. The fraction of sp³-hybridized carbons (Fsp3) is 0.444. The largest absolute Gasteiger partial charge is 0.313 e. The minimum atomic E-state index is 0.415. The van der Waals surface area contributed by atoms with Crippen LogP contribution in [0, 0.1) is 6.92 Å². The first-order valence-electron chi connectivity index (χ1n) is 3.83. The van der Waals surface area contributed by atoms with Crippen molar-refractivity contribution in [3.05, 3.63) is 29.6 Å². The standard InChI is InChI=1S/C9H14N2/c1-7-6-11-5-4-9(7)8(2)10-3/h4-6,8,10H,1-3H3/t8-/m1/s1. The van der Waals surface area contributed by atoms with E-state index in [4.69, 9.17) is 0 Å². The molecular weight excluding hydrogens is 136 g/mol. The summed E-state index contributed by atoms with van der Waals surface area (Å²) in [7, 11) is 1.96. The molecule has 0 saturated carbocycles. The van der Waals surface area contributed by atoms with Crippen molar-refractivity contribution in [1.29, 1.82) is 0 Å². The first-order chi connectivity index (χ1) is 5.25. The molecule has 2 heteroatoms. The lowest BCUT2D eigenvalue weighted by Crippen LogP contribution is -2.13. The summed E-state index contributed by atoms with van der Waals surface area (Å²) in [5, 5.41) is 3.19. The molecule has 0 aliphatic carbocycles. The van der Waals surface area contributed by atoms with Gasteiger partial charge in [0, 0.05) is 18.4 Å². The Morgan fingerprint density at radius 1 is 1.55 bits per heavy atom. The van der Waals surface area contributed by atoms with Crippen LogP contribution in [0.2, 0.25) is 0 Å². The average molecular weight is 150 g/mol. The third-order valence-corrected chi connectivity index (χ3v) is 1.96. The van der Waals surface area contributed by atoms with Crippen molar-refractivity contribution in [2.24, 2.45) is 0 Å². The summed E-state index contributed by atoms with van der Waals surface area (Å²) in [6, 6.07) is 2.47. The molecule has 0 radical (unpaired) electrons. The summed E-state index contributed by atoms with van der Waals surface area (Å²) in [4.78, 5) is 4.03. The molecular formula is C9H14N2. The van der Waals surface area contributed by atoms with Gasteiger partial charge in [0.25, 0.3) is 0 Å². The highest BCUT2D eigenvalue weighted by atomic mass is 14.9. The monoisotopic (exact) mass is 150 g/mol. The number of hydrogen-bond acceptors (Lipinski definition) is 2. The summed E-state index contributed by atoms with van der Waals surface area (Å²) in [5.41, 5.74) is 2.57. The van der Waals surface area contributed by atoms with Crippen LogP contribution in [0.15, 0.2) is 18.5 Å². The van der Waals surface area contributed by atoms with Gasteiger partial charge < -0.3 is 5.32 Å². The SMILES string of the molecule is CN[C@H](C)c1ccncc1C. The molecule has 0 unspecified atom stereocenters. The number of nitrogens with zero attached hydrogens (tertiary/aromatic N) is 1. The van der Waals surface area contributed by atoms with E-state index in [1.807, 2.05) is 19.4 Å². The van der Waals surface area contributed by atoms with Crippen LogP contribution in [0.1, 0.15) is 24.1 Å². The fourth-order valence-electron chi connectivity index (χ4n) is 1.13. The minimum absolute atomic E-state index is 0.415. The van der Waals surface area contributed by atoms with Crippen LogP contribution >= 0.6 is 0 Å². The lowest BCUT2D eigenvalue weighted by atomic mass is 10.1. The van der Waals surface area contributed by atoms with Gasteiger partial charge in [0.05, 0.1) is 0 Å². The third kappa shape index (κ3) is 1.77. The van der Waals surface area contributed by atoms with Crippen LogP contribution in [0.25, 0.3) is 0 Å². The molecule has 1 aromatic rings. The zero-order valence-corrected chi connectivity index (χ0v) is 7.26. The van der Waals surface area contributed by atoms with Crippen LogP contribution in [-0.2, 0) is 0 Å². The highest BCUT2D eigenvalue weighted by Gasteiger charge is 2.03. The van der Waals surface area contributed by atoms with Crippen LogP contribution in [0.3, 0.4) is 0 Å². The maximum atomic E-state index is 4.03. The van der Waals surface area contributed by atoms with Gasteiger partial charge >= 0.3 is 0 Å². The van der Waals surface area contributed by atoms with Crippen molar-refractivity contribution < 1.29 is 0 Å². The third-order valence-electron chi connectivity index (χ3n) is 1.96. The molecule has 11 heavy (non-hydrogen) atoms. The van der Waals surface area contributed by atoms with Gasteiger partial charge in [-0.05, 0) is 38.1 Å². The Morgan fingerprint density at radius 3 is 2.82 bits per heavy atom. The molecule has 2 nitrogen and oxygen atoms in total. The van der Waals surface area contributed by atoms with Gasteiger partial charge in [-0.2, -0.15) is 0 Å². The van der Waals surface area contributed by atoms with E-state index in [1.54, 1.807) is 0 Å². The van der Waals surface area contributed by atoms with Gasteiger partial charge in [-0.25, -0.2) is 0 Å². The van der Waals surface area contributed by atoms with E-state index in [2.05, 4.69) is 30.2 Å². The lowest BCUT2D eigenvalue weighted by molar-refractivity contribution is 0.647. The van der Waals surface area contributed by atoms with Gasteiger partial charge in [-0.15, -0.1) is 0 Å². The highest BCUT2D eigenvalue weighted by Crippen LogP contribution is 2.14. The van der Waals surface area contributed by atoms with E-state index in [-0.39, 0.29) is 0 Å². The molecule has 60 valence electrons. The summed E-state index contributed by atoms with van der Waals surface area (Å²) in [6.07, 6.45) is 3.72. The summed E-state index contributed by atoms with van der Waals surface area (Å²) >= 11 is 0. The van der Waals surface area contributed by atoms with Crippen LogP contribution in [0.4, 0.5) is 0 Å². The minimum Gasteiger partial charge on any atom is -0.313 e. The molecule has 1 aromatic heterocycles. The summed E-state index contributed by atoms with van der Waals surface area (Å²) < 4.78 is 0. The van der Waals surface area contributed by atoms with E-state index in [0.29, 0.717) is 6.04 Å². The second-order valence-electron chi connectivity index (χ2n) is 2.74. The van der Waals surface area contributed by atoms with E-state index in [0.717, 1.165) is 0 Å². The number of nitrogens with one attached hydrogen (secondary N) is 1. The van der Waals surface area contributed by atoms with Gasteiger partial charge in [0.1, 0.15) is 0 Å². The van der Waals surface area contributed by atoms with Crippen LogP contribution in [0.5, 0.6) is 0 Å². The van der Waals surface area contributed by atoms with E-state index >= 15 is 0 Å². The maximum Gasteiger partial charge on any atom is 0.0300 e. The van der Waals surface area contributed by atoms with Gasteiger partial charge in [-0.1, -0.05) is 0 Å². The Morgan fingerprint density at radius 2 is 2.27 bits per heavy atom. The average Bonchev–Trinajstić information content (AvgIpc) is 2.04. The quantitative estimate of drug-likeness (QED) is 0.693. The number of aromatic nitrogens is 1. The van der Waals surface area contributed by atoms with E-state index < -0.39 is 0 Å². The molecule has 0 spiro atoms. The Labute approximate surface area is 67.7 Å². The van der Waals surface area contributed by atoms with Gasteiger partial charge in [-0.3, -0.25) is 4.98 Å². The molecule has 0 amide bonds. The lowest BCUT2D eigenvalue weighted by Gasteiger charge is -2.12. The van der Waals surface area contributed by atoms with Crippen molar-refractivity contribution in [1.82, 2.24) is 10.3 Å². The molecule has 0 saturated heterocycles. The Balaban J connectivity index is 2.93.